The summed E-state index contributed by atoms with van der Waals surface area (Å²) in [5.41, 5.74) is 9.83. The predicted molar refractivity (Wildman–Crippen MR) is 127 cm³/mol. The number of Topliss-reactive ketones (excluding diaryl/α,β-unsaturated/α-hetero) is 1. The Kier molecular flexibility index (Phi) is 8.83. The van der Waals surface area contributed by atoms with E-state index in [1.54, 1.807) is 18.6 Å². The van der Waals surface area contributed by atoms with Gasteiger partial charge >= 0.3 is 0 Å². The molecule has 0 amide bonds. The minimum atomic E-state index is 0.176. The monoisotopic (exact) mass is 430 g/mol. The van der Waals surface area contributed by atoms with Gasteiger partial charge in [-0.1, -0.05) is 54.6 Å². The molecule has 0 saturated carbocycles. The molecule has 0 spiro atoms. The molecular weight excluding hydrogens is 400 g/mol. The second kappa shape index (κ2) is 12.3. The smallest absolute Gasteiger partial charge is 0.133 e. The third-order valence-electron chi connectivity index (χ3n) is 5.02. The van der Waals surface area contributed by atoms with Gasteiger partial charge in [-0.2, -0.15) is 0 Å². The van der Waals surface area contributed by atoms with E-state index in [1.165, 1.54) is 5.01 Å². The molecule has 0 saturated heterocycles. The van der Waals surface area contributed by atoms with Gasteiger partial charge in [0.05, 0.1) is 6.54 Å². The van der Waals surface area contributed by atoms with E-state index >= 15 is 0 Å². The number of benzene rings is 2. The first kappa shape index (κ1) is 23.0. The Balaban J connectivity index is 1.40. The van der Waals surface area contributed by atoms with Crippen molar-refractivity contribution in [1.82, 2.24) is 9.99 Å². The quantitative estimate of drug-likeness (QED) is 0.332. The molecule has 0 aliphatic heterocycles. The zero-order valence-electron chi connectivity index (χ0n) is 18.2. The molecule has 3 rings (SSSR count). The van der Waals surface area contributed by atoms with Gasteiger partial charge in [-0.05, 0) is 36.1 Å². The van der Waals surface area contributed by atoms with Crippen molar-refractivity contribution in [1.29, 1.82) is 0 Å². The number of hydrogen-bond donors (Lipinski definition) is 2. The van der Waals surface area contributed by atoms with E-state index in [-0.39, 0.29) is 5.78 Å². The largest absolute Gasteiger partial charge is 0.491 e. The van der Waals surface area contributed by atoms with Gasteiger partial charge in [0.15, 0.2) is 0 Å². The van der Waals surface area contributed by atoms with E-state index in [4.69, 9.17) is 16.3 Å². The standard InChI is InChI=1S/C26H30N4O2/c27-23(13-15-24(31)14-12-21-7-6-16-29-19-21)20-30(28)17-18-32-26-11-5-4-10-25(26)22-8-2-1-3-9-22/h1-11,16,19-20H,12-15,17-18,27-28H2/b23-20-. The summed E-state index contributed by atoms with van der Waals surface area (Å²) in [6.45, 7) is 0.882. The Bertz CT molecular complexity index is 1010. The van der Waals surface area contributed by atoms with Gasteiger partial charge in [-0.3, -0.25) is 9.78 Å². The minimum Gasteiger partial charge on any atom is -0.491 e. The van der Waals surface area contributed by atoms with Gasteiger partial charge in [0.25, 0.3) is 0 Å². The summed E-state index contributed by atoms with van der Waals surface area (Å²) in [6, 6.07) is 21.9. The van der Waals surface area contributed by atoms with Gasteiger partial charge in [-0.15, -0.1) is 0 Å². The van der Waals surface area contributed by atoms with Crippen molar-refractivity contribution in [3.8, 4) is 16.9 Å². The predicted octanol–water partition coefficient (Wildman–Crippen LogP) is 4.09. The summed E-state index contributed by atoms with van der Waals surface area (Å²) < 4.78 is 5.97. The maximum atomic E-state index is 12.1. The number of ether oxygens (including phenoxy) is 1. The number of nitrogens with two attached hydrogens (primary N) is 2. The van der Waals surface area contributed by atoms with Gasteiger partial charge in [-0.25, -0.2) is 5.84 Å². The Morgan fingerprint density at radius 1 is 0.969 bits per heavy atom. The molecule has 0 fully saturated rings. The summed E-state index contributed by atoms with van der Waals surface area (Å²) >= 11 is 0. The van der Waals surface area contributed by atoms with Crippen LogP contribution < -0.4 is 16.3 Å². The van der Waals surface area contributed by atoms with Crippen LogP contribution in [0.2, 0.25) is 0 Å². The van der Waals surface area contributed by atoms with Crippen molar-refractivity contribution in [2.75, 3.05) is 13.2 Å². The Labute approximate surface area is 189 Å². The second-order valence-electron chi connectivity index (χ2n) is 7.55. The third kappa shape index (κ3) is 7.56. The number of aromatic nitrogens is 1. The summed E-state index contributed by atoms with van der Waals surface area (Å²) in [7, 11) is 0. The van der Waals surface area contributed by atoms with Crippen molar-refractivity contribution in [2.24, 2.45) is 11.6 Å². The van der Waals surface area contributed by atoms with Gasteiger partial charge in [0, 0.05) is 42.7 Å². The Hall–Kier alpha value is -3.64. The average Bonchev–Trinajstić information content (AvgIpc) is 2.83. The molecule has 1 aromatic heterocycles. The van der Waals surface area contributed by atoms with Crippen molar-refractivity contribution in [3.05, 3.63) is 96.6 Å². The Morgan fingerprint density at radius 2 is 1.75 bits per heavy atom. The minimum absolute atomic E-state index is 0.176. The summed E-state index contributed by atoms with van der Waals surface area (Å²) in [5, 5.41) is 1.50. The van der Waals surface area contributed by atoms with Crippen LogP contribution in [-0.4, -0.2) is 28.9 Å². The summed E-state index contributed by atoms with van der Waals surface area (Å²) in [6.07, 6.45) is 7.24. The lowest BCUT2D eigenvalue weighted by atomic mass is 10.1. The average molecular weight is 431 g/mol. The molecule has 6 nitrogen and oxygen atoms in total. The van der Waals surface area contributed by atoms with Crippen LogP contribution in [0.4, 0.5) is 0 Å². The number of rotatable bonds is 12. The van der Waals surface area contributed by atoms with Crippen LogP contribution in [0.25, 0.3) is 11.1 Å². The molecule has 1 heterocycles. The van der Waals surface area contributed by atoms with E-state index in [0.717, 1.165) is 22.4 Å². The maximum absolute atomic E-state index is 12.1. The molecule has 32 heavy (non-hydrogen) atoms. The first-order valence-corrected chi connectivity index (χ1v) is 10.8. The number of carbonyl (C=O) groups is 1. The van der Waals surface area contributed by atoms with E-state index in [2.05, 4.69) is 17.1 Å². The summed E-state index contributed by atoms with van der Waals surface area (Å²) in [4.78, 5) is 16.2. The number of hydrazine groups is 1. The molecule has 166 valence electrons. The highest BCUT2D eigenvalue weighted by Gasteiger charge is 2.07. The third-order valence-corrected chi connectivity index (χ3v) is 5.02. The number of pyridine rings is 1. The molecule has 0 radical (unpaired) electrons. The number of hydrogen-bond acceptors (Lipinski definition) is 6. The van der Waals surface area contributed by atoms with Crippen LogP contribution >= 0.6 is 0 Å². The molecule has 6 heteroatoms. The van der Waals surface area contributed by atoms with Crippen molar-refractivity contribution in [2.45, 2.75) is 25.7 Å². The van der Waals surface area contributed by atoms with Crippen molar-refractivity contribution < 1.29 is 9.53 Å². The highest BCUT2D eigenvalue weighted by atomic mass is 16.5. The maximum Gasteiger partial charge on any atom is 0.133 e. The van der Waals surface area contributed by atoms with E-state index < -0.39 is 0 Å². The fourth-order valence-corrected chi connectivity index (χ4v) is 3.29. The van der Waals surface area contributed by atoms with Crippen LogP contribution in [-0.2, 0) is 11.2 Å². The van der Waals surface area contributed by atoms with Crippen LogP contribution in [0.15, 0.2) is 91.0 Å². The van der Waals surface area contributed by atoms with Gasteiger partial charge in [0.1, 0.15) is 18.1 Å². The first-order chi connectivity index (χ1) is 15.6. The van der Waals surface area contributed by atoms with Crippen molar-refractivity contribution >= 4 is 5.78 Å². The van der Waals surface area contributed by atoms with Crippen LogP contribution in [0, 0.1) is 0 Å². The highest BCUT2D eigenvalue weighted by Crippen LogP contribution is 2.29. The topological polar surface area (TPSA) is 94.5 Å². The van der Waals surface area contributed by atoms with Crippen LogP contribution in [0.5, 0.6) is 5.75 Å². The number of carbonyl (C=O) groups excluding carboxylic acids is 1. The highest BCUT2D eigenvalue weighted by molar-refractivity contribution is 5.78. The molecule has 3 aromatic rings. The number of allylic oxidation sites excluding steroid dienone is 1. The lowest BCUT2D eigenvalue weighted by Crippen LogP contribution is -2.31. The molecule has 0 bridgehead atoms. The number of aryl methyl sites for hydroxylation is 1. The summed E-state index contributed by atoms with van der Waals surface area (Å²) in [5.74, 6) is 7.02. The van der Waals surface area contributed by atoms with E-state index in [1.807, 2.05) is 54.6 Å². The molecule has 0 aliphatic rings. The second-order valence-corrected chi connectivity index (χ2v) is 7.55. The van der Waals surface area contributed by atoms with Gasteiger partial charge in [0.2, 0.25) is 0 Å². The zero-order valence-corrected chi connectivity index (χ0v) is 18.2. The SMILES string of the molecule is N/C(=C\N(N)CCOc1ccccc1-c1ccccc1)CCC(=O)CCc1cccnc1. The number of nitrogens with zero attached hydrogens (tertiary/aromatic N) is 2. The normalized spacial score (nSPS) is 11.2. The van der Waals surface area contributed by atoms with Crippen LogP contribution in [0.1, 0.15) is 24.8 Å². The number of para-hydroxylation sites is 1. The molecule has 2 aromatic carbocycles. The van der Waals surface area contributed by atoms with E-state index in [0.29, 0.717) is 44.5 Å². The van der Waals surface area contributed by atoms with Crippen LogP contribution in [0.3, 0.4) is 0 Å². The van der Waals surface area contributed by atoms with Crippen molar-refractivity contribution in [3.63, 3.8) is 0 Å². The molecule has 4 N–H and O–H groups in total. The first-order valence-electron chi connectivity index (χ1n) is 10.8. The fourth-order valence-electron chi connectivity index (χ4n) is 3.29. The lowest BCUT2D eigenvalue weighted by Gasteiger charge is -2.17. The Morgan fingerprint density at radius 3 is 2.53 bits per heavy atom. The zero-order chi connectivity index (χ0) is 22.6. The lowest BCUT2D eigenvalue weighted by molar-refractivity contribution is -0.119. The molecule has 0 atom stereocenters. The molecular formula is C26H30N4O2. The molecule has 0 aliphatic carbocycles. The molecule has 0 unspecified atom stereocenters. The fraction of sp³-hybridized carbons (Fsp3) is 0.231. The van der Waals surface area contributed by atoms with E-state index in [9.17, 15) is 4.79 Å². The number of ketones is 1. The van der Waals surface area contributed by atoms with Gasteiger partial charge < -0.3 is 15.5 Å².